The molecule has 1 saturated heterocycles. The monoisotopic (exact) mass is 255 g/mol. The maximum absolute atomic E-state index is 13.6. The van der Waals surface area contributed by atoms with Gasteiger partial charge in [-0.25, -0.2) is 4.39 Å². The molecule has 1 atom stereocenters. The van der Waals surface area contributed by atoms with Gasteiger partial charge in [-0.2, -0.15) is 0 Å². The van der Waals surface area contributed by atoms with E-state index in [-0.39, 0.29) is 19.0 Å². The first-order valence-corrected chi connectivity index (χ1v) is 5.41. The molecular weight excluding hydrogens is 241 g/mol. The molecule has 0 aliphatic carbocycles. The van der Waals surface area contributed by atoms with E-state index in [2.05, 4.69) is 0 Å². The Labute approximate surface area is 103 Å². The van der Waals surface area contributed by atoms with Crippen LogP contribution in [0, 0.1) is 11.2 Å². The molecule has 6 heteroatoms. The number of hydrogen-bond donors (Lipinski definition) is 2. The molecule has 1 unspecified atom stereocenters. The number of carboxylic acids is 1. The van der Waals surface area contributed by atoms with Gasteiger partial charge >= 0.3 is 5.97 Å². The van der Waals surface area contributed by atoms with Crippen LogP contribution in [0.4, 0.5) is 4.39 Å². The van der Waals surface area contributed by atoms with Crippen LogP contribution in [-0.4, -0.2) is 31.4 Å². The normalized spacial score (nSPS) is 18.8. The number of methoxy groups -OCH3 is 1. The molecule has 0 aromatic heterocycles. The van der Waals surface area contributed by atoms with Crippen LogP contribution in [0.25, 0.3) is 0 Å². The lowest BCUT2D eigenvalue weighted by atomic mass is 9.75. The van der Waals surface area contributed by atoms with Crippen molar-refractivity contribution in [2.24, 2.45) is 11.1 Å². The zero-order chi connectivity index (χ0) is 13.3. The number of rotatable bonds is 4. The summed E-state index contributed by atoms with van der Waals surface area (Å²) in [7, 11) is 1.36. The van der Waals surface area contributed by atoms with Crippen LogP contribution in [-0.2, 0) is 9.53 Å². The van der Waals surface area contributed by atoms with Crippen LogP contribution in [0.5, 0.6) is 5.75 Å². The van der Waals surface area contributed by atoms with Crippen molar-refractivity contribution in [1.82, 2.24) is 0 Å². The van der Waals surface area contributed by atoms with Crippen LogP contribution in [0.3, 0.4) is 0 Å². The highest BCUT2D eigenvalue weighted by molar-refractivity contribution is 5.77. The van der Waals surface area contributed by atoms with E-state index in [1.807, 2.05) is 0 Å². The Balaban J connectivity index is 2.31. The third kappa shape index (κ3) is 1.83. The van der Waals surface area contributed by atoms with Crippen molar-refractivity contribution >= 4 is 5.97 Å². The summed E-state index contributed by atoms with van der Waals surface area (Å²) in [6.07, 6.45) is 0. The van der Waals surface area contributed by atoms with Gasteiger partial charge in [0.05, 0.1) is 26.4 Å². The second-order valence-electron chi connectivity index (χ2n) is 4.33. The predicted molar refractivity (Wildman–Crippen MR) is 60.8 cm³/mol. The Kier molecular flexibility index (Phi) is 3.23. The predicted octanol–water partition coefficient (Wildman–Crippen LogP) is 0.935. The van der Waals surface area contributed by atoms with E-state index in [0.717, 1.165) is 0 Å². The van der Waals surface area contributed by atoms with E-state index in [4.69, 9.17) is 15.2 Å². The van der Waals surface area contributed by atoms with Gasteiger partial charge in [-0.3, -0.25) is 4.79 Å². The number of halogens is 1. The average molecular weight is 255 g/mol. The number of carbonyl (C=O) groups is 1. The highest BCUT2D eigenvalue weighted by Gasteiger charge is 2.51. The molecule has 0 saturated carbocycles. The molecule has 5 nitrogen and oxygen atoms in total. The molecule has 0 radical (unpaired) electrons. The maximum Gasteiger partial charge on any atom is 0.316 e. The number of benzene rings is 1. The second kappa shape index (κ2) is 4.55. The molecule has 0 bridgehead atoms. The molecule has 1 heterocycles. The number of aliphatic carboxylic acids is 1. The summed E-state index contributed by atoms with van der Waals surface area (Å²) >= 11 is 0. The highest BCUT2D eigenvalue weighted by Crippen LogP contribution is 2.40. The van der Waals surface area contributed by atoms with Gasteiger partial charge in [-0.05, 0) is 17.7 Å². The standard InChI is InChI=1S/C12H14FNO4/c1-17-9-3-2-7(4-8(9)13)10(14)12(11(15)16)5-18-6-12/h2-4,10H,5-6,14H2,1H3,(H,15,16). The molecule has 98 valence electrons. The van der Waals surface area contributed by atoms with E-state index < -0.39 is 23.2 Å². The minimum atomic E-state index is -1.17. The summed E-state index contributed by atoms with van der Waals surface area (Å²) in [5, 5.41) is 9.21. The molecule has 2 rings (SSSR count). The summed E-state index contributed by atoms with van der Waals surface area (Å²) in [5.41, 5.74) is 5.18. The average Bonchev–Trinajstić information content (AvgIpc) is 2.26. The molecule has 0 spiro atoms. The number of hydrogen-bond acceptors (Lipinski definition) is 4. The number of nitrogens with two attached hydrogens (primary N) is 1. The quantitative estimate of drug-likeness (QED) is 0.836. The summed E-state index contributed by atoms with van der Waals surface area (Å²) in [4.78, 5) is 11.2. The second-order valence-corrected chi connectivity index (χ2v) is 4.33. The minimum absolute atomic E-state index is 0.0388. The zero-order valence-electron chi connectivity index (χ0n) is 9.85. The molecule has 3 N–H and O–H groups in total. The molecule has 18 heavy (non-hydrogen) atoms. The lowest BCUT2D eigenvalue weighted by Gasteiger charge is -2.41. The first-order valence-electron chi connectivity index (χ1n) is 5.41. The van der Waals surface area contributed by atoms with E-state index in [1.165, 1.54) is 19.2 Å². The summed E-state index contributed by atoms with van der Waals surface area (Å²) in [6, 6.07) is 3.38. The Bertz CT molecular complexity index is 473. The Morgan fingerprint density at radius 2 is 2.28 bits per heavy atom. The Morgan fingerprint density at radius 1 is 1.61 bits per heavy atom. The third-order valence-electron chi connectivity index (χ3n) is 3.28. The first-order chi connectivity index (χ1) is 8.51. The molecule has 1 aliphatic rings. The number of carboxylic acid groups (broad SMARTS) is 1. The van der Waals surface area contributed by atoms with Crippen molar-refractivity contribution in [3.63, 3.8) is 0 Å². The van der Waals surface area contributed by atoms with Gasteiger partial charge in [-0.1, -0.05) is 6.07 Å². The minimum Gasteiger partial charge on any atom is -0.494 e. The van der Waals surface area contributed by atoms with E-state index in [1.54, 1.807) is 6.07 Å². The van der Waals surface area contributed by atoms with E-state index in [0.29, 0.717) is 5.56 Å². The van der Waals surface area contributed by atoms with Gasteiger partial charge in [0.25, 0.3) is 0 Å². The van der Waals surface area contributed by atoms with Gasteiger partial charge in [0.2, 0.25) is 0 Å². The fraction of sp³-hybridized carbons (Fsp3) is 0.417. The molecule has 1 aliphatic heterocycles. The SMILES string of the molecule is COc1ccc(C(N)C2(C(=O)O)COC2)cc1F. The van der Waals surface area contributed by atoms with Crippen LogP contribution < -0.4 is 10.5 Å². The largest absolute Gasteiger partial charge is 0.494 e. The van der Waals surface area contributed by atoms with Crippen molar-refractivity contribution in [2.45, 2.75) is 6.04 Å². The van der Waals surface area contributed by atoms with Crippen LogP contribution in [0.2, 0.25) is 0 Å². The van der Waals surface area contributed by atoms with Gasteiger partial charge in [0, 0.05) is 0 Å². The van der Waals surface area contributed by atoms with E-state index >= 15 is 0 Å². The molecule has 0 amide bonds. The summed E-state index contributed by atoms with van der Waals surface area (Å²) < 4.78 is 23.3. The van der Waals surface area contributed by atoms with Gasteiger partial charge in [0.1, 0.15) is 5.41 Å². The molecule has 1 aromatic carbocycles. The lowest BCUT2D eigenvalue weighted by molar-refractivity contribution is -0.184. The smallest absolute Gasteiger partial charge is 0.316 e. The van der Waals surface area contributed by atoms with Crippen LogP contribution >= 0.6 is 0 Å². The fourth-order valence-electron chi connectivity index (χ4n) is 1.95. The lowest BCUT2D eigenvalue weighted by Crippen LogP contribution is -2.55. The van der Waals surface area contributed by atoms with Crippen molar-refractivity contribution in [1.29, 1.82) is 0 Å². The van der Waals surface area contributed by atoms with Crippen molar-refractivity contribution < 1.29 is 23.8 Å². The highest BCUT2D eigenvalue weighted by atomic mass is 19.1. The summed E-state index contributed by atoms with van der Waals surface area (Å²) in [5.74, 6) is -1.50. The van der Waals surface area contributed by atoms with Crippen LogP contribution in [0.15, 0.2) is 18.2 Å². The van der Waals surface area contributed by atoms with Crippen LogP contribution in [0.1, 0.15) is 11.6 Å². The topological polar surface area (TPSA) is 81.8 Å². The Morgan fingerprint density at radius 3 is 2.67 bits per heavy atom. The molecule has 1 fully saturated rings. The maximum atomic E-state index is 13.6. The fourth-order valence-corrected chi connectivity index (χ4v) is 1.95. The van der Waals surface area contributed by atoms with Crippen molar-refractivity contribution in [3.05, 3.63) is 29.6 Å². The Hall–Kier alpha value is -1.66. The first kappa shape index (κ1) is 12.8. The van der Waals surface area contributed by atoms with Gasteiger partial charge < -0.3 is 20.3 Å². The summed E-state index contributed by atoms with van der Waals surface area (Å²) in [6.45, 7) is 0.0777. The third-order valence-corrected chi connectivity index (χ3v) is 3.28. The van der Waals surface area contributed by atoms with E-state index in [9.17, 15) is 14.3 Å². The van der Waals surface area contributed by atoms with Crippen molar-refractivity contribution in [3.8, 4) is 5.75 Å². The van der Waals surface area contributed by atoms with Gasteiger partial charge in [0.15, 0.2) is 11.6 Å². The molecule has 1 aromatic rings. The number of ether oxygens (including phenoxy) is 2. The molecular formula is C12H14FNO4. The van der Waals surface area contributed by atoms with Crippen molar-refractivity contribution in [2.75, 3.05) is 20.3 Å². The zero-order valence-corrected chi connectivity index (χ0v) is 9.85. The van der Waals surface area contributed by atoms with Gasteiger partial charge in [-0.15, -0.1) is 0 Å².